The van der Waals surface area contributed by atoms with Crippen molar-refractivity contribution in [3.05, 3.63) is 26.2 Å². The molecule has 1 aromatic rings. The lowest BCUT2D eigenvalue weighted by molar-refractivity contribution is 0.467. The predicted molar refractivity (Wildman–Crippen MR) is 51.0 cm³/mol. The molecule has 0 aromatic heterocycles. The molecular weight excluding hydrogens is 257 g/mol. The lowest BCUT2D eigenvalue weighted by Crippen LogP contribution is -1.78. The molecule has 0 spiro atoms. The summed E-state index contributed by atoms with van der Waals surface area (Å²) in [7, 11) is 0. The molecule has 0 aliphatic heterocycles. The Balaban J connectivity index is 3.31. The summed E-state index contributed by atoms with van der Waals surface area (Å²) in [5, 5.41) is 12.0. The van der Waals surface area contributed by atoms with Crippen molar-refractivity contribution in [3.63, 3.8) is 0 Å². The molecule has 0 unspecified atom stereocenters. The van der Waals surface area contributed by atoms with Gasteiger partial charge in [0.25, 0.3) is 0 Å². The maximum absolute atomic E-state index is 10.1. The van der Waals surface area contributed by atoms with Crippen molar-refractivity contribution in [1.82, 2.24) is 0 Å². The summed E-state index contributed by atoms with van der Waals surface area (Å²) in [4.78, 5) is 10.1. The standard InChI is InChI=1S/C7H6INO2/c1-4-2-5(9-11)3-6(8)7(4)10/h2-3,10H,1H3. The largest absolute Gasteiger partial charge is 0.507 e. The van der Waals surface area contributed by atoms with Crippen molar-refractivity contribution in [2.24, 2.45) is 5.18 Å². The summed E-state index contributed by atoms with van der Waals surface area (Å²) in [6.07, 6.45) is 0. The summed E-state index contributed by atoms with van der Waals surface area (Å²) in [6, 6.07) is 3.08. The van der Waals surface area contributed by atoms with Crippen LogP contribution in [-0.2, 0) is 0 Å². The molecule has 1 aromatic carbocycles. The van der Waals surface area contributed by atoms with Crippen LogP contribution in [0.15, 0.2) is 17.3 Å². The van der Waals surface area contributed by atoms with Crippen molar-refractivity contribution < 1.29 is 5.11 Å². The summed E-state index contributed by atoms with van der Waals surface area (Å²) >= 11 is 1.95. The molecule has 0 aliphatic rings. The van der Waals surface area contributed by atoms with E-state index in [0.717, 1.165) is 0 Å². The monoisotopic (exact) mass is 263 g/mol. The zero-order valence-corrected chi connectivity index (χ0v) is 7.99. The van der Waals surface area contributed by atoms with Crippen LogP contribution in [0.25, 0.3) is 0 Å². The van der Waals surface area contributed by atoms with E-state index < -0.39 is 0 Å². The van der Waals surface area contributed by atoms with Crippen molar-refractivity contribution in [2.75, 3.05) is 0 Å². The predicted octanol–water partition coefficient (Wildman–Crippen LogP) is 2.70. The molecule has 4 heteroatoms. The number of benzene rings is 1. The number of nitroso groups, excluding NO2 is 1. The average molecular weight is 263 g/mol. The van der Waals surface area contributed by atoms with E-state index in [1.807, 2.05) is 22.6 Å². The molecule has 0 radical (unpaired) electrons. The van der Waals surface area contributed by atoms with E-state index in [1.54, 1.807) is 13.0 Å². The summed E-state index contributed by atoms with van der Waals surface area (Å²) in [6.45, 7) is 1.73. The van der Waals surface area contributed by atoms with Gasteiger partial charge in [-0.15, -0.1) is 4.91 Å². The smallest absolute Gasteiger partial charge is 0.131 e. The van der Waals surface area contributed by atoms with Crippen molar-refractivity contribution >= 4 is 28.3 Å². The first-order valence-electron chi connectivity index (χ1n) is 2.97. The highest BCUT2D eigenvalue weighted by Crippen LogP contribution is 2.28. The molecule has 0 fully saturated rings. The Kier molecular flexibility index (Phi) is 2.43. The van der Waals surface area contributed by atoms with Crippen LogP contribution in [0.2, 0.25) is 0 Å². The minimum atomic E-state index is 0.220. The van der Waals surface area contributed by atoms with Gasteiger partial charge in [-0.2, -0.15) is 0 Å². The van der Waals surface area contributed by atoms with Crippen LogP contribution in [0.3, 0.4) is 0 Å². The van der Waals surface area contributed by atoms with Crippen LogP contribution < -0.4 is 0 Å². The molecule has 0 atom stereocenters. The molecular formula is C7H6INO2. The zero-order valence-electron chi connectivity index (χ0n) is 5.84. The highest BCUT2D eigenvalue weighted by atomic mass is 127. The van der Waals surface area contributed by atoms with Crippen LogP contribution in [0.4, 0.5) is 5.69 Å². The lowest BCUT2D eigenvalue weighted by atomic mass is 10.2. The first-order valence-corrected chi connectivity index (χ1v) is 4.05. The van der Waals surface area contributed by atoms with Gasteiger partial charge in [-0.25, -0.2) is 0 Å². The van der Waals surface area contributed by atoms with Gasteiger partial charge in [0.1, 0.15) is 11.4 Å². The SMILES string of the molecule is Cc1cc(N=O)cc(I)c1O. The first-order chi connectivity index (χ1) is 5.15. The summed E-state index contributed by atoms with van der Waals surface area (Å²) in [5.74, 6) is 0.220. The molecule has 0 saturated heterocycles. The number of hydrogen-bond donors (Lipinski definition) is 1. The van der Waals surface area contributed by atoms with E-state index in [1.165, 1.54) is 6.07 Å². The second-order valence-corrected chi connectivity index (χ2v) is 3.35. The van der Waals surface area contributed by atoms with Crippen LogP contribution in [0, 0.1) is 15.4 Å². The molecule has 0 amide bonds. The van der Waals surface area contributed by atoms with Gasteiger partial charge in [-0.05, 0) is 52.4 Å². The molecule has 0 bridgehead atoms. The fourth-order valence-electron chi connectivity index (χ4n) is 0.771. The van der Waals surface area contributed by atoms with E-state index in [-0.39, 0.29) is 5.75 Å². The molecule has 58 valence electrons. The number of aryl methyl sites for hydroxylation is 1. The highest BCUT2D eigenvalue weighted by molar-refractivity contribution is 14.1. The van der Waals surface area contributed by atoms with Crippen LogP contribution in [0.1, 0.15) is 5.56 Å². The Labute approximate surface area is 77.5 Å². The summed E-state index contributed by atoms with van der Waals surface area (Å²) < 4.78 is 0.650. The average Bonchev–Trinajstić information content (AvgIpc) is 1.99. The molecule has 0 aliphatic carbocycles. The molecule has 0 heterocycles. The molecule has 1 N–H and O–H groups in total. The summed E-state index contributed by atoms with van der Waals surface area (Å²) in [5.41, 5.74) is 1.02. The Morgan fingerprint density at radius 2 is 2.18 bits per heavy atom. The highest BCUT2D eigenvalue weighted by Gasteiger charge is 2.03. The molecule has 3 nitrogen and oxygen atoms in total. The number of nitrogens with zero attached hydrogens (tertiary/aromatic N) is 1. The minimum Gasteiger partial charge on any atom is -0.507 e. The van der Waals surface area contributed by atoms with Gasteiger partial charge in [0.05, 0.1) is 3.57 Å². The van der Waals surface area contributed by atoms with Crippen LogP contribution >= 0.6 is 22.6 Å². The van der Waals surface area contributed by atoms with E-state index in [0.29, 0.717) is 14.8 Å². The topological polar surface area (TPSA) is 49.7 Å². The minimum absolute atomic E-state index is 0.220. The van der Waals surface area contributed by atoms with Gasteiger partial charge in [-0.1, -0.05) is 0 Å². The van der Waals surface area contributed by atoms with E-state index >= 15 is 0 Å². The maximum atomic E-state index is 10.1. The Hall–Kier alpha value is -0.650. The number of phenols is 1. The van der Waals surface area contributed by atoms with Gasteiger partial charge in [0.2, 0.25) is 0 Å². The van der Waals surface area contributed by atoms with Gasteiger partial charge < -0.3 is 5.11 Å². The quantitative estimate of drug-likeness (QED) is 0.625. The Bertz CT molecular complexity index is 275. The normalized spacial score (nSPS) is 9.64. The third-order valence-electron chi connectivity index (χ3n) is 1.34. The lowest BCUT2D eigenvalue weighted by Gasteiger charge is -2.00. The van der Waals surface area contributed by atoms with Crippen molar-refractivity contribution in [3.8, 4) is 5.75 Å². The number of hydrogen-bond acceptors (Lipinski definition) is 3. The van der Waals surface area contributed by atoms with Gasteiger partial charge in [0.15, 0.2) is 0 Å². The van der Waals surface area contributed by atoms with Gasteiger partial charge >= 0.3 is 0 Å². The molecule has 0 saturated carbocycles. The number of rotatable bonds is 1. The first kappa shape index (κ1) is 8.45. The number of phenolic OH excluding ortho intramolecular Hbond substituents is 1. The maximum Gasteiger partial charge on any atom is 0.131 e. The van der Waals surface area contributed by atoms with E-state index in [4.69, 9.17) is 0 Å². The number of halogens is 1. The van der Waals surface area contributed by atoms with Gasteiger partial charge in [-0.3, -0.25) is 0 Å². The second kappa shape index (κ2) is 3.17. The van der Waals surface area contributed by atoms with E-state index in [2.05, 4.69) is 5.18 Å². The van der Waals surface area contributed by atoms with E-state index in [9.17, 15) is 10.0 Å². The fraction of sp³-hybridized carbons (Fsp3) is 0.143. The second-order valence-electron chi connectivity index (χ2n) is 2.18. The van der Waals surface area contributed by atoms with Gasteiger partial charge in [0, 0.05) is 0 Å². The third kappa shape index (κ3) is 1.68. The fourth-order valence-corrected chi connectivity index (χ4v) is 1.52. The number of aromatic hydroxyl groups is 1. The van der Waals surface area contributed by atoms with Crippen LogP contribution in [0.5, 0.6) is 5.75 Å². The Morgan fingerprint density at radius 1 is 1.55 bits per heavy atom. The Morgan fingerprint density at radius 3 is 2.64 bits per heavy atom. The zero-order chi connectivity index (χ0) is 8.43. The molecule has 11 heavy (non-hydrogen) atoms. The van der Waals surface area contributed by atoms with Crippen molar-refractivity contribution in [1.29, 1.82) is 0 Å². The molecule has 1 rings (SSSR count). The third-order valence-corrected chi connectivity index (χ3v) is 2.17. The van der Waals surface area contributed by atoms with Crippen LogP contribution in [-0.4, -0.2) is 5.11 Å². The van der Waals surface area contributed by atoms with Crippen molar-refractivity contribution in [2.45, 2.75) is 6.92 Å².